The number of rotatable bonds is 3. The minimum absolute atomic E-state index is 0.201. The van der Waals surface area contributed by atoms with E-state index >= 15 is 0 Å². The van der Waals surface area contributed by atoms with Crippen LogP contribution in [0.1, 0.15) is 37.7 Å². The van der Waals surface area contributed by atoms with Crippen molar-refractivity contribution in [2.45, 2.75) is 37.5 Å². The van der Waals surface area contributed by atoms with Gasteiger partial charge in [0, 0.05) is 5.41 Å². The third-order valence-electron chi connectivity index (χ3n) is 4.20. The molecule has 2 aliphatic rings. The van der Waals surface area contributed by atoms with Gasteiger partial charge in [-0.2, -0.15) is 0 Å². The first-order chi connectivity index (χ1) is 9.20. The maximum absolute atomic E-state index is 11.2. The molecule has 1 heterocycles. The van der Waals surface area contributed by atoms with Gasteiger partial charge in [0.25, 0.3) is 0 Å². The van der Waals surface area contributed by atoms with Crippen LogP contribution < -0.4 is 9.47 Å². The zero-order chi connectivity index (χ0) is 13.3. The molecule has 19 heavy (non-hydrogen) atoms. The molecule has 1 N–H and O–H groups in total. The Morgan fingerprint density at radius 1 is 1.16 bits per heavy atom. The van der Waals surface area contributed by atoms with E-state index in [9.17, 15) is 9.90 Å². The molecule has 4 heteroatoms. The Hall–Kier alpha value is -1.71. The predicted octanol–water partition coefficient (Wildman–Crippen LogP) is 2.74. The SMILES string of the molecule is O=C(O)CC1(c2ccc3c(c2)OCCO3)CCCC1. The largest absolute Gasteiger partial charge is 0.486 e. The van der Waals surface area contributed by atoms with Crippen LogP contribution in [0.5, 0.6) is 11.5 Å². The molecule has 1 fully saturated rings. The summed E-state index contributed by atoms with van der Waals surface area (Å²) >= 11 is 0. The summed E-state index contributed by atoms with van der Waals surface area (Å²) in [5.41, 5.74) is 0.860. The highest BCUT2D eigenvalue weighted by atomic mass is 16.6. The van der Waals surface area contributed by atoms with Crippen LogP contribution in [0.25, 0.3) is 0 Å². The molecule has 0 spiro atoms. The lowest BCUT2D eigenvalue weighted by Gasteiger charge is -2.29. The fourth-order valence-electron chi connectivity index (χ4n) is 3.28. The molecule has 0 atom stereocenters. The van der Waals surface area contributed by atoms with Crippen molar-refractivity contribution >= 4 is 5.97 Å². The molecular formula is C15H18O4. The van der Waals surface area contributed by atoms with Gasteiger partial charge in [-0.3, -0.25) is 4.79 Å². The van der Waals surface area contributed by atoms with Gasteiger partial charge in [0.1, 0.15) is 13.2 Å². The summed E-state index contributed by atoms with van der Waals surface area (Å²) in [6.07, 6.45) is 4.29. The van der Waals surface area contributed by atoms with Crippen LogP contribution in [0.4, 0.5) is 0 Å². The van der Waals surface area contributed by atoms with Crippen LogP contribution in [0.15, 0.2) is 18.2 Å². The van der Waals surface area contributed by atoms with Crippen molar-refractivity contribution in [2.24, 2.45) is 0 Å². The predicted molar refractivity (Wildman–Crippen MR) is 69.8 cm³/mol. The lowest BCUT2D eigenvalue weighted by molar-refractivity contribution is -0.138. The zero-order valence-corrected chi connectivity index (χ0v) is 10.9. The molecule has 0 saturated heterocycles. The van der Waals surface area contributed by atoms with Crippen LogP contribution >= 0.6 is 0 Å². The van der Waals surface area contributed by atoms with Crippen LogP contribution in [0.3, 0.4) is 0 Å². The minimum atomic E-state index is -0.725. The minimum Gasteiger partial charge on any atom is -0.486 e. The molecule has 1 aromatic rings. The zero-order valence-electron chi connectivity index (χ0n) is 10.9. The average molecular weight is 262 g/mol. The number of hydrogen-bond donors (Lipinski definition) is 1. The molecule has 0 aromatic heterocycles. The topological polar surface area (TPSA) is 55.8 Å². The van der Waals surface area contributed by atoms with Gasteiger partial charge in [-0.25, -0.2) is 0 Å². The van der Waals surface area contributed by atoms with Crippen LogP contribution in [-0.4, -0.2) is 24.3 Å². The van der Waals surface area contributed by atoms with Crippen molar-refractivity contribution in [1.29, 1.82) is 0 Å². The van der Waals surface area contributed by atoms with Gasteiger partial charge in [0.05, 0.1) is 6.42 Å². The number of benzene rings is 1. The van der Waals surface area contributed by atoms with Crippen LogP contribution in [0, 0.1) is 0 Å². The summed E-state index contributed by atoms with van der Waals surface area (Å²) < 4.78 is 11.1. The second-order valence-electron chi connectivity index (χ2n) is 5.42. The second-order valence-corrected chi connectivity index (χ2v) is 5.42. The Morgan fingerprint density at radius 3 is 2.53 bits per heavy atom. The normalized spacial score (nSPS) is 20.2. The number of aliphatic carboxylic acids is 1. The quantitative estimate of drug-likeness (QED) is 0.910. The van der Waals surface area contributed by atoms with Gasteiger partial charge in [0.15, 0.2) is 11.5 Å². The summed E-state index contributed by atoms with van der Waals surface area (Å²) in [6, 6.07) is 5.89. The number of ether oxygens (including phenoxy) is 2. The highest BCUT2D eigenvalue weighted by molar-refractivity contribution is 5.69. The third-order valence-corrected chi connectivity index (χ3v) is 4.20. The van der Waals surface area contributed by atoms with Crippen LogP contribution in [0.2, 0.25) is 0 Å². The lowest BCUT2D eigenvalue weighted by atomic mass is 9.76. The first-order valence-corrected chi connectivity index (χ1v) is 6.82. The van der Waals surface area contributed by atoms with Crippen molar-refractivity contribution < 1.29 is 19.4 Å². The number of carboxylic acid groups (broad SMARTS) is 1. The smallest absolute Gasteiger partial charge is 0.304 e. The summed E-state index contributed by atoms with van der Waals surface area (Å²) in [6.45, 7) is 1.13. The first-order valence-electron chi connectivity index (χ1n) is 6.82. The summed E-state index contributed by atoms with van der Waals surface area (Å²) in [5.74, 6) is 0.788. The molecule has 1 aromatic carbocycles. The number of carboxylic acids is 1. The van der Waals surface area contributed by atoms with E-state index < -0.39 is 5.97 Å². The lowest BCUT2D eigenvalue weighted by Crippen LogP contribution is -2.26. The molecule has 0 bridgehead atoms. The number of hydrogen-bond acceptors (Lipinski definition) is 3. The van der Waals surface area contributed by atoms with Crippen molar-refractivity contribution in [3.05, 3.63) is 23.8 Å². The Kier molecular flexibility index (Phi) is 3.09. The van der Waals surface area contributed by atoms with E-state index in [0.717, 1.165) is 42.7 Å². The van der Waals surface area contributed by atoms with E-state index in [1.165, 1.54) is 0 Å². The molecule has 1 aliphatic carbocycles. The molecule has 3 rings (SSSR count). The maximum Gasteiger partial charge on any atom is 0.304 e. The molecule has 0 amide bonds. The van der Waals surface area contributed by atoms with Crippen molar-refractivity contribution in [2.75, 3.05) is 13.2 Å². The van der Waals surface area contributed by atoms with E-state index in [0.29, 0.717) is 13.2 Å². The maximum atomic E-state index is 11.2. The molecule has 102 valence electrons. The Labute approximate surface area is 112 Å². The summed E-state index contributed by atoms with van der Waals surface area (Å²) in [7, 11) is 0. The van der Waals surface area contributed by atoms with Crippen molar-refractivity contribution in [1.82, 2.24) is 0 Å². The number of fused-ring (bicyclic) bond motifs is 1. The number of carbonyl (C=O) groups is 1. The molecule has 0 radical (unpaired) electrons. The molecule has 4 nitrogen and oxygen atoms in total. The van der Waals surface area contributed by atoms with Gasteiger partial charge in [-0.05, 0) is 30.5 Å². The first kappa shape index (κ1) is 12.3. The van der Waals surface area contributed by atoms with E-state index in [1.54, 1.807) is 0 Å². The summed E-state index contributed by atoms with van der Waals surface area (Å²) in [4.78, 5) is 11.2. The molecular weight excluding hydrogens is 244 g/mol. The van der Waals surface area contributed by atoms with E-state index in [-0.39, 0.29) is 11.8 Å². The van der Waals surface area contributed by atoms with Crippen molar-refractivity contribution in [3.8, 4) is 11.5 Å². The fraction of sp³-hybridized carbons (Fsp3) is 0.533. The molecule has 1 aliphatic heterocycles. The summed E-state index contributed by atoms with van der Waals surface area (Å²) in [5, 5.41) is 9.18. The standard InChI is InChI=1S/C15H18O4/c16-14(17)10-15(5-1-2-6-15)11-3-4-12-13(9-11)19-8-7-18-12/h3-4,9H,1-2,5-8,10H2,(H,16,17). The fourth-order valence-corrected chi connectivity index (χ4v) is 3.28. The van der Waals surface area contributed by atoms with Gasteiger partial charge in [0.2, 0.25) is 0 Å². The Morgan fingerprint density at radius 2 is 1.84 bits per heavy atom. The third kappa shape index (κ3) is 2.27. The van der Waals surface area contributed by atoms with E-state index in [1.807, 2.05) is 18.2 Å². The van der Waals surface area contributed by atoms with Crippen molar-refractivity contribution in [3.63, 3.8) is 0 Å². The Balaban J connectivity index is 1.96. The van der Waals surface area contributed by atoms with E-state index in [4.69, 9.17) is 9.47 Å². The van der Waals surface area contributed by atoms with Gasteiger partial charge < -0.3 is 14.6 Å². The highest BCUT2D eigenvalue weighted by Crippen LogP contribution is 2.46. The monoisotopic (exact) mass is 262 g/mol. The second kappa shape index (κ2) is 4.76. The molecule has 1 saturated carbocycles. The van der Waals surface area contributed by atoms with Crippen LogP contribution in [-0.2, 0) is 10.2 Å². The van der Waals surface area contributed by atoms with E-state index in [2.05, 4.69) is 0 Å². The van der Waals surface area contributed by atoms with Gasteiger partial charge >= 0.3 is 5.97 Å². The van der Waals surface area contributed by atoms with Gasteiger partial charge in [-0.1, -0.05) is 18.9 Å². The molecule has 0 unspecified atom stereocenters. The Bertz CT molecular complexity index is 489. The average Bonchev–Trinajstić information content (AvgIpc) is 2.87. The highest BCUT2D eigenvalue weighted by Gasteiger charge is 2.38. The van der Waals surface area contributed by atoms with Gasteiger partial charge in [-0.15, -0.1) is 0 Å².